The predicted molar refractivity (Wildman–Crippen MR) is 44.6 cm³/mol. The summed E-state index contributed by atoms with van der Waals surface area (Å²) in [5.74, 6) is -0.513. The fraction of sp³-hybridized carbons (Fsp3) is 0.833. The van der Waals surface area contributed by atoms with Crippen LogP contribution in [0, 0.1) is 0 Å². The molecule has 0 saturated heterocycles. The Morgan fingerprint density at radius 2 is 1.67 bits per heavy atom. The monoisotopic (exact) mass is 197 g/mol. The van der Waals surface area contributed by atoms with Crippen LogP contribution in [0.3, 0.4) is 0 Å². The minimum absolute atomic E-state index is 0.168. The van der Waals surface area contributed by atoms with Crippen LogP contribution in [-0.4, -0.2) is 40.3 Å². The summed E-state index contributed by atoms with van der Waals surface area (Å²) in [5, 5.41) is 26.3. The van der Waals surface area contributed by atoms with Gasteiger partial charge < -0.3 is 19.8 Å². The van der Waals surface area contributed by atoms with Crippen LogP contribution in [0.5, 0.6) is 0 Å². The Kier molecular flexibility index (Phi) is 5.33. The summed E-state index contributed by atoms with van der Waals surface area (Å²) in [6, 6.07) is 0. The second-order valence-electron chi connectivity index (χ2n) is 2.30. The molecule has 5 nitrogen and oxygen atoms in total. The summed E-state index contributed by atoms with van der Waals surface area (Å²) in [7, 11) is -2.69. The zero-order chi connectivity index (χ0) is 9.61. The van der Waals surface area contributed by atoms with Crippen LogP contribution in [0.15, 0.2) is 0 Å². The van der Waals surface area contributed by atoms with E-state index in [0.717, 1.165) is 0 Å². The van der Waals surface area contributed by atoms with Gasteiger partial charge in [0.1, 0.15) is 0 Å². The van der Waals surface area contributed by atoms with E-state index < -0.39 is 32.5 Å². The molecule has 0 unspecified atom stereocenters. The Morgan fingerprint density at radius 1 is 1.25 bits per heavy atom. The lowest BCUT2D eigenvalue weighted by Crippen LogP contribution is -2.14. The van der Waals surface area contributed by atoms with Gasteiger partial charge >= 0.3 is 5.97 Å². The number of hydrogen-bond donors (Lipinski definition) is 3. The fourth-order valence-corrected chi connectivity index (χ4v) is 1.50. The maximum atomic E-state index is 10.8. The number of carbonyl (C=O) groups excluding carboxylic acids is 1. The predicted octanol–water partition coefficient (Wildman–Crippen LogP) is -0.278. The molecule has 6 heteroatoms. The van der Waals surface area contributed by atoms with E-state index in [9.17, 15) is 4.79 Å². The van der Waals surface area contributed by atoms with E-state index in [-0.39, 0.29) is 6.42 Å². The summed E-state index contributed by atoms with van der Waals surface area (Å²) < 4.78 is 4.76. The van der Waals surface area contributed by atoms with Crippen LogP contribution < -0.4 is 0 Å². The van der Waals surface area contributed by atoms with Crippen LogP contribution >= 0.6 is 7.49 Å². The second-order valence-corrected chi connectivity index (χ2v) is 5.45. The van der Waals surface area contributed by atoms with Gasteiger partial charge in [0.05, 0.1) is 0 Å². The fourth-order valence-electron chi connectivity index (χ4n) is 0.501. The molecule has 0 atom stereocenters. The van der Waals surface area contributed by atoms with Gasteiger partial charge in [-0.25, -0.2) is 4.79 Å². The third-order valence-electron chi connectivity index (χ3n) is 1.36. The largest absolute Gasteiger partial charge is 0.359 e. The van der Waals surface area contributed by atoms with Crippen molar-refractivity contribution in [1.29, 1.82) is 0 Å². The van der Waals surface area contributed by atoms with Gasteiger partial charge in [-0.3, -0.25) is 0 Å². The van der Waals surface area contributed by atoms with Gasteiger partial charge in [0.25, 0.3) is 7.49 Å². The molecule has 0 amide bonds. The van der Waals surface area contributed by atoms with Crippen molar-refractivity contribution in [1.82, 2.24) is 0 Å². The van der Waals surface area contributed by atoms with Crippen LogP contribution in [0.2, 0.25) is 0 Å². The number of rotatable bonds is 5. The smallest absolute Gasteiger partial charge is 0.350 e. The molecular weight excluding hydrogens is 183 g/mol. The standard InChI is InChI=1S/C6H14O5P/c1-2-6(10)11-12(3-7,4-8)5-9/h7-9H,2-5H2,1H3/q+1. The van der Waals surface area contributed by atoms with Crippen molar-refractivity contribution in [2.45, 2.75) is 13.3 Å². The van der Waals surface area contributed by atoms with Gasteiger partial charge in [-0.1, -0.05) is 6.92 Å². The van der Waals surface area contributed by atoms with Gasteiger partial charge in [0, 0.05) is 6.42 Å². The lowest BCUT2D eigenvalue weighted by molar-refractivity contribution is -0.134. The van der Waals surface area contributed by atoms with E-state index in [1.54, 1.807) is 6.92 Å². The van der Waals surface area contributed by atoms with E-state index in [0.29, 0.717) is 0 Å². The molecular formula is C6H14O5P+. The first-order chi connectivity index (χ1) is 5.64. The summed E-state index contributed by atoms with van der Waals surface area (Å²) in [5.41, 5.74) is 0. The van der Waals surface area contributed by atoms with Gasteiger partial charge in [-0.05, 0) is 0 Å². The molecule has 0 aromatic heterocycles. The summed E-state index contributed by atoms with van der Waals surface area (Å²) in [6.07, 6.45) is -1.27. The Bertz CT molecular complexity index is 137. The van der Waals surface area contributed by atoms with Crippen molar-refractivity contribution in [2.24, 2.45) is 0 Å². The van der Waals surface area contributed by atoms with E-state index >= 15 is 0 Å². The molecule has 0 bridgehead atoms. The van der Waals surface area contributed by atoms with E-state index in [4.69, 9.17) is 19.8 Å². The molecule has 0 aromatic rings. The quantitative estimate of drug-likeness (QED) is 0.528. The summed E-state index contributed by atoms with van der Waals surface area (Å²) in [4.78, 5) is 10.8. The Balaban J connectivity index is 4.19. The highest BCUT2D eigenvalue weighted by atomic mass is 31.2. The molecule has 0 radical (unpaired) electrons. The third kappa shape index (κ3) is 3.03. The lowest BCUT2D eigenvalue weighted by atomic mass is 10.5. The second kappa shape index (κ2) is 5.43. The highest BCUT2D eigenvalue weighted by Gasteiger charge is 2.41. The minimum atomic E-state index is -2.69. The average Bonchev–Trinajstić information content (AvgIpc) is 2.14. The number of hydrogen-bond acceptors (Lipinski definition) is 5. The van der Waals surface area contributed by atoms with Crippen molar-refractivity contribution in [3.63, 3.8) is 0 Å². The molecule has 0 aromatic carbocycles. The first kappa shape index (κ1) is 11.8. The molecule has 72 valence electrons. The SMILES string of the molecule is CCC(=O)O[P+](CO)(CO)CO. The molecule has 0 aliphatic carbocycles. The molecule has 0 heterocycles. The Morgan fingerprint density at radius 3 is 1.92 bits per heavy atom. The minimum Gasteiger partial charge on any atom is -0.359 e. The van der Waals surface area contributed by atoms with Crippen LogP contribution in [0.4, 0.5) is 0 Å². The molecule has 0 rings (SSSR count). The number of carbonyl (C=O) groups is 1. The van der Waals surface area contributed by atoms with Crippen molar-refractivity contribution in [3.8, 4) is 0 Å². The van der Waals surface area contributed by atoms with Crippen molar-refractivity contribution < 1.29 is 24.6 Å². The molecule has 0 spiro atoms. The zero-order valence-corrected chi connectivity index (χ0v) is 7.83. The lowest BCUT2D eigenvalue weighted by Gasteiger charge is -2.17. The maximum absolute atomic E-state index is 10.8. The van der Waals surface area contributed by atoms with Crippen LogP contribution in [-0.2, 0) is 9.32 Å². The summed E-state index contributed by atoms with van der Waals surface area (Å²) in [6.45, 7) is 1.60. The van der Waals surface area contributed by atoms with E-state index in [1.807, 2.05) is 0 Å². The van der Waals surface area contributed by atoms with Gasteiger partial charge in [-0.2, -0.15) is 0 Å². The van der Waals surface area contributed by atoms with E-state index in [2.05, 4.69) is 0 Å². The van der Waals surface area contributed by atoms with Crippen LogP contribution in [0.25, 0.3) is 0 Å². The zero-order valence-electron chi connectivity index (χ0n) is 6.93. The molecule has 0 aliphatic heterocycles. The molecule has 12 heavy (non-hydrogen) atoms. The Hall–Kier alpha value is -0.220. The number of aliphatic hydroxyl groups is 3. The number of aliphatic hydroxyl groups excluding tert-OH is 3. The molecule has 0 saturated carbocycles. The van der Waals surface area contributed by atoms with Gasteiger partial charge in [0.15, 0.2) is 19.0 Å². The maximum Gasteiger partial charge on any atom is 0.350 e. The van der Waals surface area contributed by atoms with Gasteiger partial charge in [0.2, 0.25) is 0 Å². The van der Waals surface area contributed by atoms with Gasteiger partial charge in [-0.15, -0.1) is 0 Å². The van der Waals surface area contributed by atoms with E-state index in [1.165, 1.54) is 0 Å². The highest BCUT2D eigenvalue weighted by molar-refractivity contribution is 7.71. The molecule has 3 N–H and O–H groups in total. The first-order valence-corrected chi connectivity index (χ1v) is 5.81. The summed E-state index contributed by atoms with van der Waals surface area (Å²) >= 11 is 0. The third-order valence-corrected chi connectivity index (χ3v) is 3.49. The first-order valence-electron chi connectivity index (χ1n) is 3.55. The van der Waals surface area contributed by atoms with Crippen LogP contribution in [0.1, 0.15) is 13.3 Å². The molecule has 0 fully saturated rings. The topological polar surface area (TPSA) is 87.0 Å². The van der Waals surface area contributed by atoms with Crippen molar-refractivity contribution in [2.75, 3.05) is 19.0 Å². The van der Waals surface area contributed by atoms with Crippen molar-refractivity contribution in [3.05, 3.63) is 0 Å². The average molecular weight is 197 g/mol. The normalized spacial score (nSPS) is 11.3. The Labute approximate surface area is 71.4 Å². The van der Waals surface area contributed by atoms with Crippen molar-refractivity contribution >= 4 is 13.5 Å². The highest BCUT2D eigenvalue weighted by Crippen LogP contribution is 2.57. The molecule has 0 aliphatic rings.